The molecule has 1 aromatic carbocycles. The van der Waals surface area contributed by atoms with Crippen LogP contribution in [0.25, 0.3) is 0 Å². The maximum atomic E-state index is 12.6. The summed E-state index contributed by atoms with van der Waals surface area (Å²) in [5.41, 5.74) is -0.0403. The topological polar surface area (TPSA) is 43.4 Å². The molecule has 0 aliphatic carbocycles. The molecule has 0 spiro atoms. The molecule has 1 saturated heterocycles. The molecular weight excluding hydrogens is 329 g/mol. The van der Waals surface area contributed by atoms with Crippen LogP contribution in [-0.2, 0) is 20.5 Å². The van der Waals surface area contributed by atoms with Gasteiger partial charge in [0.15, 0.2) is 0 Å². The number of rotatable bonds is 5. The van der Waals surface area contributed by atoms with Crippen molar-refractivity contribution >= 4 is 24.0 Å². The molecule has 1 heterocycles. The number of esters is 1. The number of benzene rings is 1. The molecule has 2 rings (SSSR count). The van der Waals surface area contributed by atoms with E-state index in [2.05, 4.69) is 0 Å². The van der Waals surface area contributed by atoms with Gasteiger partial charge in [-0.25, -0.2) is 0 Å². The van der Waals surface area contributed by atoms with Gasteiger partial charge in [-0.05, 0) is 36.3 Å². The Morgan fingerprint density at radius 3 is 2.52 bits per heavy atom. The summed E-state index contributed by atoms with van der Waals surface area (Å²) in [4.78, 5) is 23.0. The lowest BCUT2D eigenvalue weighted by Gasteiger charge is -2.18. The first-order valence-electron chi connectivity index (χ1n) is 7.26. The van der Waals surface area contributed by atoms with E-state index in [0.717, 1.165) is 18.4 Å². The van der Waals surface area contributed by atoms with Crippen LogP contribution >= 0.6 is 11.8 Å². The fourth-order valence-corrected chi connectivity index (χ4v) is 4.34. The minimum atomic E-state index is -4.38. The van der Waals surface area contributed by atoms with Crippen LogP contribution in [0.4, 0.5) is 13.2 Å². The molecule has 1 aliphatic heterocycles. The molecule has 0 unspecified atom stereocenters. The van der Waals surface area contributed by atoms with Crippen molar-refractivity contribution in [1.82, 2.24) is 0 Å². The maximum absolute atomic E-state index is 12.6. The van der Waals surface area contributed by atoms with Crippen LogP contribution in [0.1, 0.15) is 29.7 Å². The average Bonchev–Trinajstić information content (AvgIpc) is 2.89. The summed E-state index contributed by atoms with van der Waals surface area (Å²) in [5.74, 6) is -0.295. The fourth-order valence-electron chi connectivity index (χ4n) is 2.69. The molecule has 3 atom stereocenters. The number of carbonyl (C=O) groups is 2. The first kappa shape index (κ1) is 17.8. The molecule has 3 nitrogen and oxygen atoms in total. The van der Waals surface area contributed by atoms with Crippen LogP contribution in [0.3, 0.4) is 0 Å². The number of hydrogen-bond donors (Lipinski definition) is 0. The predicted octanol–water partition coefficient (Wildman–Crippen LogP) is 3.88. The van der Waals surface area contributed by atoms with Crippen LogP contribution in [0.15, 0.2) is 24.3 Å². The Balaban J connectivity index is 2.11. The minimum absolute atomic E-state index is 0.149. The molecule has 0 saturated carbocycles. The molecule has 1 aromatic rings. The van der Waals surface area contributed by atoms with E-state index in [-0.39, 0.29) is 30.2 Å². The van der Waals surface area contributed by atoms with E-state index in [1.807, 2.05) is 0 Å². The molecule has 0 bridgehead atoms. The summed E-state index contributed by atoms with van der Waals surface area (Å²) >= 11 is 1.49. The highest BCUT2D eigenvalue weighted by atomic mass is 32.2. The van der Waals surface area contributed by atoms with E-state index in [9.17, 15) is 22.8 Å². The number of hydrogen-bond acceptors (Lipinski definition) is 4. The van der Waals surface area contributed by atoms with Crippen LogP contribution in [0.5, 0.6) is 0 Å². The summed E-state index contributed by atoms with van der Waals surface area (Å²) < 4.78 is 42.7. The first-order chi connectivity index (χ1) is 10.9. The number of carbonyl (C=O) groups excluding carboxylic acids is 2. The third-order valence-corrected chi connectivity index (χ3v) is 5.41. The Morgan fingerprint density at radius 1 is 1.35 bits per heavy atom. The van der Waals surface area contributed by atoms with Gasteiger partial charge in [0.05, 0.1) is 12.2 Å². The Bertz CT molecular complexity index is 557. The van der Waals surface area contributed by atoms with Crippen LogP contribution in [0, 0.1) is 11.8 Å². The highest BCUT2D eigenvalue weighted by Gasteiger charge is 2.39. The van der Waals surface area contributed by atoms with Gasteiger partial charge in [-0.15, -0.1) is 0 Å². The van der Waals surface area contributed by atoms with Crippen molar-refractivity contribution in [2.75, 3.05) is 12.4 Å². The summed E-state index contributed by atoms with van der Waals surface area (Å²) in [6, 6.07) is 4.86. The van der Waals surface area contributed by atoms with Crippen molar-refractivity contribution in [3.05, 3.63) is 35.4 Å². The van der Waals surface area contributed by atoms with Crippen molar-refractivity contribution in [3.8, 4) is 0 Å². The molecule has 7 heteroatoms. The number of ether oxygens (including phenoxy) is 1. The summed E-state index contributed by atoms with van der Waals surface area (Å²) in [6.07, 6.45) is -3.43. The lowest BCUT2D eigenvalue weighted by Crippen LogP contribution is -2.20. The molecule has 1 aliphatic rings. The number of aldehydes is 1. The van der Waals surface area contributed by atoms with Crippen molar-refractivity contribution in [2.45, 2.75) is 24.8 Å². The molecule has 23 heavy (non-hydrogen) atoms. The van der Waals surface area contributed by atoms with E-state index in [0.29, 0.717) is 11.3 Å². The van der Waals surface area contributed by atoms with Crippen LogP contribution < -0.4 is 0 Å². The van der Waals surface area contributed by atoms with Gasteiger partial charge in [-0.2, -0.15) is 24.9 Å². The number of thioether (sulfide) groups is 1. The van der Waals surface area contributed by atoms with Gasteiger partial charge in [0, 0.05) is 17.6 Å². The van der Waals surface area contributed by atoms with Gasteiger partial charge < -0.3 is 9.53 Å². The molecule has 0 amide bonds. The zero-order chi connectivity index (χ0) is 17.0. The van der Waals surface area contributed by atoms with Crippen LogP contribution in [-0.4, -0.2) is 24.6 Å². The maximum Gasteiger partial charge on any atom is 0.416 e. The zero-order valence-electron chi connectivity index (χ0n) is 12.5. The van der Waals surface area contributed by atoms with E-state index in [1.165, 1.54) is 23.9 Å². The molecule has 0 aromatic heterocycles. The van der Waals surface area contributed by atoms with E-state index in [1.54, 1.807) is 6.92 Å². The Hall–Kier alpha value is -1.50. The quantitative estimate of drug-likeness (QED) is 0.599. The van der Waals surface area contributed by atoms with E-state index in [4.69, 9.17) is 4.74 Å². The summed E-state index contributed by atoms with van der Waals surface area (Å²) in [5, 5.41) is -0.228. The zero-order valence-corrected chi connectivity index (χ0v) is 13.3. The lowest BCUT2D eigenvalue weighted by molar-refractivity contribution is -0.144. The third kappa shape index (κ3) is 4.28. The molecular formula is C16H17F3O3S. The van der Waals surface area contributed by atoms with Gasteiger partial charge in [-0.1, -0.05) is 12.1 Å². The van der Waals surface area contributed by atoms with Crippen molar-refractivity contribution < 1.29 is 27.5 Å². The fraction of sp³-hybridized carbons (Fsp3) is 0.500. The normalized spacial score (nSPS) is 24.4. The molecule has 0 N–H and O–H groups in total. The first-order valence-corrected chi connectivity index (χ1v) is 8.31. The van der Waals surface area contributed by atoms with Gasteiger partial charge in [0.1, 0.15) is 6.29 Å². The largest absolute Gasteiger partial charge is 0.466 e. The molecule has 0 radical (unpaired) electrons. The monoisotopic (exact) mass is 346 g/mol. The second-order valence-electron chi connectivity index (χ2n) is 5.36. The highest BCUT2D eigenvalue weighted by Crippen LogP contribution is 2.48. The second-order valence-corrected chi connectivity index (χ2v) is 6.53. The van der Waals surface area contributed by atoms with Crippen molar-refractivity contribution in [1.29, 1.82) is 0 Å². The summed E-state index contributed by atoms with van der Waals surface area (Å²) in [6.45, 7) is 2.00. The van der Waals surface area contributed by atoms with Crippen LogP contribution in [0.2, 0.25) is 0 Å². The lowest BCUT2D eigenvalue weighted by atomic mass is 9.87. The van der Waals surface area contributed by atoms with E-state index < -0.39 is 17.7 Å². The average molecular weight is 346 g/mol. The minimum Gasteiger partial charge on any atom is -0.466 e. The number of halogens is 3. The predicted molar refractivity (Wildman–Crippen MR) is 80.9 cm³/mol. The van der Waals surface area contributed by atoms with Crippen molar-refractivity contribution in [2.24, 2.45) is 11.8 Å². The Kier molecular flexibility index (Phi) is 5.73. The summed E-state index contributed by atoms with van der Waals surface area (Å²) in [7, 11) is 0. The van der Waals surface area contributed by atoms with Gasteiger partial charge >= 0.3 is 12.1 Å². The Labute approximate surface area is 136 Å². The smallest absolute Gasteiger partial charge is 0.416 e. The standard InChI is InChI=1S/C16H17F3O3S/c1-2-22-14(21)7-11-9-23-15(13(11)8-20)10-3-5-12(6-4-10)16(17,18)19/h3-6,8,11,13,15H,2,7,9H2,1H3/t11-,13+,15-/m1/s1. The SMILES string of the molecule is CCOC(=O)C[C@@H]1CS[C@H](c2ccc(C(F)(F)F)cc2)[C@H]1C=O. The third-order valence-electron chi connectivity index (χ3n) is 3.84. The van der Waals surface area contributed by atoms with Crippen molar-refractivity contribution in [3.63, 3.8) is 0 Å². The van der Waals surface area contributed by atoms with E-state index >= 15 is 0 Å². The second kappa shape index (κ2) is 7.38. The highest BCUT2D eigenvalue weighted by molar-refractivity contribution is 7.99. The molecule has 1 fully saturated rings. The number of alkyl halides is 3. The van der Waals surface area contributed by atoms with Gasteiger partial charge in [0.2, 0.25) is 0 Å². The molecule has 126 valence electrons. The van der Waals surface area contributed by atoms with Gasteiger partial charge in [-0.3, -0.25) is 4.79 Å². The van der Waals surface area contributed by atoms with Gasteiger partial charge in [0.25, 0.3) is 0 Å². The Morgan fingerprint density at radius 2 is 2.00 bits per heavy atom.